The molecular formula is C19H15N5OS. The van der Waals surface area contributed by atoms with Crippen molar-refractivity contribution in [2.24, 2.45) is 0 Å². The van der Waals surface area contributed by atoms with E-state index in [0.717, 1.165) is 16.5 Å². The van der Waals surface area contributed by atoms with Crippen molar-refractivity contribution < 1.29 is 4.79 Å². The summed E-state index contributed by atoms with van der Waals surface area (Å²) in [7, 11) is 0. The maximum absolute atomic E-state index is 12.4. The molecule has 26 heavy (non-hydrogen) atoms. The molecule has 0 spiro atoms. The molecule has 4 rings (SSSR count). The Morgan fingerprint density at radius 2 is 1.81 bits per heavy atom. The number of thiazole rings is 1. The van der Waals surface area contributed by atoms with E-state index in [1.807, 2.05) is 47.8 Å². The highest BCUT2D eigenvalue weighted by Gasteiger charge is 2.10. The number of amides is 1. The second kappa shape index (κ2) is 7.28. The van der Waals surface area contributed by atoms with Crippen LogP contribution in [0.2, 0.25) is 0 Å². The van der Waals surface area contributed by atoms with Gasteiger partial charge < -0.3 is 10.6 Å². The molecule has 2 aromatic heterocycles. The van der Waals surface area contributed by atoms with Crippen LogP contribution in [0.4, 0.5) is 16.8 Å². The summed E-state index contributed by atoms with van der Waals surface area (Å²) < 4.78 is 0. The third kappa shape index (κ3) is 3.68. The number of carbonyl (C=O) groups is 1. The largest absolute Gasteiger partial charge is 0.325 e. The fourth-order valence-electron chi connectivity index (χ4n) is 2.60. The summed E-state index contributed by atoms with van der Waals surface area (Å²) in [6, 6.07) is 15.6. The topological polar surface area (TPSA) is 79.8 Å². The highest BCUT2D eigenvalue weighted by atomic mass is 32.1. The Morgan fingerprint density at radius 1 is 1.00 bits per heavy atom. The van der Waals surface area contributed by atoms with Gasteiger partial charge in [-0.1, -0.05) is 36.4 Å². The molecule has 0 aliphatic rings. The predicted octanol–water partition coefficient (Wildman–Crippen LogP) is 4.01. The van der Waals surface area contributed by atoms with Crippen molar-refractivity contribution in [1.29, 1.82) is 0 Å². The Labute approximate surface area is 154 Å². The average Bonchev–Trinajstić information content (AvgIpc) is 3.09. The monoisotopic (exact) mass is 361 g/mol. The van der Waals surface area contributed by atoms with E-state index in [-0.39, 0.29) is 12.3 Å². The van der Waals surface area contributed by atoms with Gasteiger partial charge in [-0.05, 0) is 17.5 Å². The molecule has 128 valence electrons. The summed E-state index contributed by atoms with van der Waals surface area (Å²) in [5, 5.41) is 10.6. The Morgan fingerprint density at radius 3 is 2.69 bits per heavy atom. The third-order valence-corrected chi connectivity index (χ3v) is 4.55. The zero-order valence-corrected chi connectivity index (χ0v) is 14.5. The molecule has 0 atom stereocenters. The van der Waals surface area contributed by atoms with Crippen molar-refractivity contribution in [3.63, 3.8) is 0 Å². The molecule has 0 fully saturated rings. The van der Waals surface area contributed by atoms with Gasteiger partial charge in [-0.3, -0.25) is 4.79 Å². The number of hydrogen-bond acceptors (Lipinski definition) is 6. The minimum Gasteiger partial charge on any atom is -0.325 e. The van der Waals surface area contributed by atoms with Gasteiger partial charge in [-0.25, -0.2) is 15.0 Å². The van der Waals surface area contributed by atoms with Gasteiger partial charge in [0.15, 0.2) is 5.13 Å². The summed E-state index contributed by atoms with van der Waals surface area (Å²) in [4.78, 5) is 25.0. The second-order valence-corrected chi connectivity index (χ2v) is 6.45. The average molecular weight is 361 g/mol. The quantitative estimate of drug-likeness (QED) is 0.561. The van der Waals surface area contributed by atoms with Crippen LogP contribution in [-0.2, 0) is 11.2 Å². The van der Waals surface area contributed by atoms with Crippen LogP contribution >= 0.6 is 11.3 Å². The number of benzene rings is 2. The molecule has 1 amide bonds. The van der Waals surface area contributed by atoms with E-state index in [1.54, 1.807) is 18.5 Å². The van der Waals surface area contributed by atoms with Crippen molar-refractivity contribution >= 4 is 44.8 Å². The lowest BCUT2D eigenvalue weighted by atomic mass is 10.1. The third-order valence-electron chi connectivity index (χ3n) is 3.74. The molecule has 2 heterocycles. The molecule has 0 saturated heterocycles. The van der Waals surface area contributed by atoms with E-state index in [2.05, 4.69) is 25.6 Å². The van der Waals surface area contributed by atoms with Gasteiger partial charge in [0.2, 0.25) is 11.9 Å². The molecule has 0 aliphatic heterocycles. The summed E-state index contributed by atoms with van der Waals surface area (Å²) >= 11 is 1.41. The lowest BCUT2D eigenvalue weighted by Gasteiger charge is -2.08. The lowest BCUT2D eigenvalue weighted by Crippen LogP contribution is -2.14. The van der Waals surface area contributed by atoms with Gasteiger partial charge in [0.05, 0.1) is 12.1 Å². The van der Waals surface area contributed by atoms with Crippen molar-refractivity contribution in [2.45, 2.75) is 6.42 Å². The molecule has 0 radical (unpaired) electrons. The minimum absolute atomic E-state index is 0.103. The zero-order chi connectivity index (χ0) is 17.8. The van der Waals surface area contributed by atoms with Crippen molar-refractivity contribution in [1.82, 2.24) is 15.0 Å². The molecule has 4 aromatic rings. The van der Waals surface area contributed by atoms with Crippen LogP contribution in [0, 0.1) is 0 Å². The van der Waals surface area contributed by atoms with E-state index in [1.165, 1.54) is 11.3 Å². The van der Waals surface area contributed by atoms with Crippen LogP contribution in [0.3, 0.4) is 0 Å². The first kappa shape index (κ1) is 16.2. The smallest absolute Gasteiger partial charge is 0.230 e. The first-order valence-corrected chi connectivity index (χ1v) is 8.92. The lowest BCUT2D eigenvalue weighted by molar-refractivity contribution is -0.115. The number of carbonyl (C=O) groups excluding carboxylic acids is 1. The van der Waals surface area contributed by atoms with Crippen molar-refractivity contribution in [3.8, 4) is 0 Å². The first-order valence-electron chi connectivity index (χ1n) is 8.04. The fraction of sp³-hybridized carbons (Fsp3) is 0.0526. The number of anilines is 3. The van der Waals surface area contributed by atoms with Crippen LogP contribution in [0.5, 0.6) is 0 Å². The van der Waals surface area contributed by atoms with E-state index in [4.69, 9.17) is 0 Å². The summed E-state index contributed by atoms with van der Waals surface area (Å²) in [6.07, 6.45) is 3.51. The number of hydrogen-bond donors (Lipinski definition) is 2. The fourth-order valence-corrected chi connectivity index (χ4v) is 3.30. The normalized spacial score (nSPS) is 10.6. The number of fused-ring (bicyclic) bond motifs is 1. The highest BCUT2D eigenvalue weighted by Crippen LogP contribution is 2.23. The Hall–Kier alpha value is -3.32. The zero-order valence-electron chi connectivity index (χ0n) is 13.7. The number of rotatable bonds is 5. The molecule has 6 nitrogen and oxygen atoms in total. The first-order chi connectivity index (χ1) is 12.8. The Kier molecular flexibility index (Phi) is 4.53. The molecule has 2 N–H and O–H groups in total. The van der Waals surface area contributed by atoms with Crippen molar-refractivity contribution in [3.05, 3.63) is 72.0 Å². The van der Waals surface area contributed by atoms with Gasteiger partial charge in [0, 0.05) is 28.8 Å². The standard InChI is InChI=1S/C19H15N5OS/c25-17(23-16-8-3-6-13-5-1-2-7-15(13)16)11-14-12-26-19(22-14)24-18-20-9-4-10-21-18/h1-10,12H,11H2,(H,23,25)(H,20,21,22,24). The van der Waals surface area contributed by atoms with Gasteiger partial charge in [0.1, 0.15) is 0 Å². The number of nitrogens with one attached hydrogen (secondary N) is 2. The molecule has 0 bridgehead atoms. The van der Waals surface area contributed by atoms with Crippen LogP contribution in [0.1, 0.15) is 5.69 Å². The second-order valence-electron chi connectivity index (χ2n) is 5.59. The molecule has 2 aromatic carbocycles. The molecule has 0 saturated carbocycles. The van der Waals surface area contributed by atoms with E-state index >= 15 is 0 Å². The van der Waals surface area contributed by atoms with E-state index < -0.39 is 0 Å². The Bertz CT molecular complexity index is 1040. The summed E-state index contributed by atoms with van der Waals surface area (Å²) in [5.41, 5.74) is 1.51. The van der Waals surface area contributed by atoms with Crippen molar-refractivity contribution in [2.75, 3.05) is 10.6 Å². The van der Waals surface area contributed by atoms with E-state index in [9.17, 15) is 4.79 Å². The number of aromatic nitrogens is 3. The predicted molar refractivity (Wildman–Crippen MR) is 104 cm³/mol. The molecule has 7 heteroatoms. The Balaban J connectivity index is 1.44. The van der Waals surface area contributed by atoms with Crippen LogP contribution in [-0.4, -0.2) is 20.9 Å². The number of nitrogens with zero attached hydrogens (tertiary/aromatic N) is 3. The minimum atomic E-state index is -0.103. The molecular weight excluding hydrogens is 346 g/mol. The molecule has 0 aliphatic carbocycles. The van der Waals surface area contributed by atoms with Gasteiger partial charge >= 0.3 is 0 Å². The van der Waals surface area contributed by atoms with Gasteiger partial charge in [0.25, 0.3) is 0 Å². The van der Waals surface area contributed by atoms with Gasteiger partial charge in [-0.15, -0.1) is 11.3 Å². The highest BCUT2D eigenvalue weighted by molar-refractivity contribution is 7.13. The van der Waals surface area contributed by atoms with E-state index in [0.29, 0.717) is 16.8 Å². The summed E-state index contributed by atoms with van der Waals surface area (Å²) in [5.74, 6) is 0.378. The van der Waals surface area contributed by atoms with Crippen LogP contribution in [0.15, 0.2) is 66.3 Å². The SMILES string of the molecule is O=C(Cc1csc(Nc2ncccn2)n1)Nc1cccc2ccccc12. The van der Waals surface area contributed by atoms with Crippen LogP contribution < -0.4 is 10.6 Å². The van der Waals surface area contributed by atoms with Crippen LogP contribution in [0.25, 0.3) is 10.8 Å². The maximum atomic E-state index is 12.4. The summed E-state index contributed by atoms with van der Waals surface area (Å²) in [6.45, 7) is 0. The molecule has 0 unspecified atom stereocenters. The van der Waals surface area contributed by atoms with Gasteiger partial charge in [-0.2, -0.15) is 0 Å². The maximum Gasteiger partial charge on any atom is 0.230 e.